The summed E-state index contributed by atoms with van der Waals surface area (Å²) in [5.74, 6) is -0.168. The van der Waals surface area contributed by atoms with Crippen LogP contribution in [0.3, 0.4) is 0 Å². The van der Waals surface area contributed by atoms with Gasteiger partial charge in [-0.25, -0.2) is 0 Å². The van der Waals surface area contributed by atoms with E-state index < -0.39 is 0 Å². The number of nitrogens with one attached hydrogen (secondary N) is 2. The normalized spacial score (nSPS) is 23.1. The Bertz CT molecular complexity index is 294. The molecule has 2 atom stereocenters. The number of ether oxygens (including phenoxy) is 1. The highest BCUT2D eigenvalue weighted by atomic mass is 16.5. The first-order valence-electron chi connectivity index (χ1n) is 6.45. The van der Waals surface area contributed by atoms with Crippen molar-refractivity contribution in [3.8, 4) is 0 Å². The molecule has 6 heteroatoms. The van der Waals surface area contributed by atoms with Crippen molar-refractivity contribution in [2.75, 3.05) is 19.6 Å². The van der Waals surface area contributed by atoms with Crippen LogP contribution in [0.1, 0.15) is 26.7 Å². The highest BCUT2D eigenvalue weighted by Gasteiger charge is 2.29. The van der Waals surface area contributed by atoms with Crippen molar-refractivity contribution in [3.05, 3.63) is 0 Å². The Labute approximate surface area is 108 Å². The highest BCUT2D eigenvalue weighted by Crippen LogP contribution is 2.18. The molecule has 1 aliphatic heterocycles. The van der Waals surface area contributed by atoms with Gasteiger partial charge in [0.2, 0.25) is 11.8 Å². The van der Waals surface area contributed by atoms with Gasteiger partial charge in [0.25, 0.3) is 0 Å². The maximum atomic E-state index is 11.7. The van der Waals surface area contributed by atoms with E-state index in [0.717, 1.165) is 6.42 Å². The minimum absolute atomic E-state index is 0.00129. The fourth-order valence-electron chi connectivity index (χ4n) is 1.76. The van der Waals surface area contributed by atoms with Gasteiger partial charge in [0.15, 0.2) is 0 Å². The van der Waals surface area contributed by atoms with E-state index >= 15 is 0 Å². The van der Waals surface area contributed by atoms with E-state index in [-0.39, 0.29) is 29.9 Å². The third-order valence-electron chi connectivity index (χ3n) is 2.91. The Morgan fingerprint density at radius 3 is 2.50 bits per heavy atom. The third-order valence-corrected chi connectivity index (χ3v) is 2.91. The molecule has 0 saturated carbocycles. The number of rotatable bonds is 6. The highest BCUT2D eigenvalue weighted by molar-refractivity contribution is 5.81. The molecule has 0 bridgehead atoms. The largest absolute Gasteiger partial charge is 0.364 e. The quantitative estimate of drug-likeness (QED) is 0.553. The van der Waals surface area contributed by atoms with E-state index in [4.69, 9.17) is 10.5 Å². The first-order valence-corrected chi connectivity index (χ1v) is 6.45. The number of nitrogens with two attached hydrogens (primary N) is 1. The zero-order chi connectivity index (χ0) is 13.5. The molecule has 0 radical (unpaired) electrons. The van der Waals surface area contributed by atoms with Gasteiger partial charge in [-0.3, -0.25) is 9.59 Å². The number of hydrogen-bond donors (Lipinski definition) is 3. The van der Waals surface area contributed by atoms with Crippen LogP contribution >= 0.6 is 0 Å². The standard InChI is InChI=1S/C12H23N3O3/c1-8(2)11(16)14-5-6-15-12(17)10-4-3-9(7-13)18-10/h8-10H,3-7,13H2,1-2H3,(H,14,16)(H,15,17). The molecule has 1 saturated heterocycles. The van der Waals surface area contributed by atoms with Crippen molar-refractivity contribution in [1.29, 1.82) is 0 Å². The summed E-state index contributed by atoms with van der Waals surface area (Å²) in [5, 5.41) is 5.48. The molecule has 4 N–H and O–H groups in total. The van der Waals surface area contributed by atoms with E-state index in [2.05, 4.69) is 10.6 Å². The summed E-state index contributed by atoms with van der Waals surface area (Å²) >= 11 is 0. The van der Waals surface area contributed by atoms with Crippen LogP contribution in [0.4, 0.5) is 0 Å². The second-order valence-electron chi connectivity index (χ2n) is 4.80. The zero-order valence-corrected chi connectivity index (χ0v) is 11.1. The molecule has 18 heavy (non-hydrogen) atoms. The van der Waals surface area contributed by atoms with Gasteiger partial charge in [-0.15, -0.1) is 0 Å². The summed E-state index contributed by atoms with van der Waals surface area (Å²) in [5.41, 5.74) is 5.48. The van der Waals surface area contributed by atoms with Crippen LogP contribution in [-0.4, -0.2) is 43.7 Å². The molecule has 1 rings (SSSR count). The predicted molar refractivity (Wildman–Crippen MR) is 67.8 cm³/mol. The Morgan fingerprint density at radius 1 is 1.28 bits per heavy atom. The minimum atomic E-state index is -0.389. The van der Waals surface area contributed by atoms with E-state index in [1.807, 2.05) is 13.8 Å². The van der Waals surface area contributed by atoms with Crippen LogP contribution in [0.2, 0.25) is 0 Å². The summed E-state index contributed by atoms with van der Waals surface area (Å²) in [6, 6.07) is 0. The van der Waals surface area contributed by atoms with Crippen LogP contribution in [0.25, 0.3) is 0 Å². The average Bonchev–Trinajstić information content (AvgIpc) is 2.82. The van der Waals surface area contributed by atoms with Crippen molar-refractivity contribution in [2.45, 2.75) is 38.9 Å². The number of amides is 2. The van der Waals surface area contributed by atoms with Crippen LogP contribution in [0.15, 0.2) is 0 Å². The van der Waals surface area contributed by atoms with Crippen molar-refractivity contribution < 1.29 is 14.3 Å². The molecule has 2 unspecified atom stereocenters. The summed E-state index contributed by atoms with van der Waals surface area (Å²) < 4.78 is 5.46. The van der Waals surface area contributed by atoms with E-state index in [1.54, 1.807) is 0 Å². The van der Waals surface area contributed by atoms with Crippen LogP contribution in [0.5, 0.6) is 0 Å². The molecular weight excluding hydrogens is 234 g/mol. The van der Waals surface area contributed by atoms with Crippen LogP contribution in [-0.2, 0) is 14.3 Å². The molecule has 0 aromatic rings. The Balaban J connectivity index is 2.13. The number of carbonyl (C=O) groups excluding carboxylic acids is 2. The molecule has 6 nitrogen and oxygen atoms in total. The summed E-state index contributed by atoms with van der Waals surface area (Å²) in [6.07, 6.45) is 1.16. The monoisotopic (exact) mass is 257 g/mol. The second kappa shape index (κ2) is 7.33. The maximum Gasteiger partial charge on any atom is 0.249 e. The third kappa shape index (κ3) is 4.62. The molecule has 1 aliphatic rings. The molecule has 1 heterocycles. The van der Waals surface area contributed by atoms with Crippen molar-refractivity contribution in [1.82, 2.24) is 10.6 Å². The molecule has 0 aliphatic carbocycles. The van der Waals surface area contributed by atoms with Gasteiger partial charge in [0.05, 0.1) is 6.10 Å². The van der Waals surface area contributed by atoms with Crippen molar-refractivity contribution >= 4 is 11.8 Å². The van der Waals surface area contributed by atoms with Crippen LogP contribution in [0, 0.1) is 5.92 Å². The first kappa shape index (κ1) is 14.9. The van der Waals surface area contributed by atoms with Gasteiger partial charge in [-0.1, -0.05) is 13.8 Å². The lowest BCUT2D eigenvalue weighted by molar-refractivity contribution is -0.132. The molecule has 2 amide bonds. The second-order valence-corrected chi connectivity index (χ2v) is 4.80. The summed E-state index contributed by atoms with van der Waals surface area (Å²) in [7, 11) is 0. The molecule has 0 aromatic heterocycles. The molecule has 0 aromatic carbocycles. The van der Waals surface area contributed by atoms with Gasteiger partial charge in [0, 0.05) is 25.6 Å². The Morgan fingerprint density at radius 2 is 1.94 bits per heavy atom. The van der Waals surface area contributed by atoms with Gasteiger partial charge in [-0.2, -0.15) is 0 Å². The molecular formula is C12H23N3O3. The Hall–Kier alpha value is -1.14. The van der Waals surface area contributed by atoms with E-state index in [1.165, 1.54) is 0 Å². The summed E-state index contributed by atoms with van der Waals surface area (Å²) in [6.45, 7) is 4.97. The van der Waals surface area contributed by atoms with Gasteiger partial charge < -0.3 is 21.1 Å². The number of hydrogen-bond acceptors (Lipinski definition) is 4. The average molecular weight is 257 g/mol. The topological polar surface area (TPSA) is 93.5 Å². The van der Waals surface area contributed by atoms with Crippen molar-refractivity contribution in [2.24, 2.45) is 11.7 Å². The fourth-order valence-corrected chi connectivity index (χ4v) is 1.76. The number of carbonyl (C=O) groups is 2. The van der Waals surface area contributed by atoms with Crippen LogP contribution < -0.4 is 16.4 Å². The smallest absolute Gasteiger partial charge is 0.249 e. The SMILES string of the molecule is CC(C)C(=O)NCCNC(=O)C1CCC(CN)O1. The van der Waals surface area contributed by atoms with Gasteiger partial charge >= 0.3 is 0 Å². The lowest BCUT2D eigenvalue weighted by Crippen LogP contribution is -2.40. The minimum Gasteiger partial charge on any atom is -0.364 e. The lowest BCUT2D eigenvalue weighted by atomic mass is 10.2. The van der Waals surface area contributed by atoms with E-state index in [9.17, 15) is 9.59 Å². The summed E-state index contributed by atoms with van der Waals surface area (Å²) in [4.78, 5) is 23.0. The predicted octanol–water partition coefficient (Wildman–Crippen LogP) is -0.619. The zero-order valence-electron chi connectivity index (χ0n) is 11.1. The maximum absolute atomic E-state index is 11.7. The lowest BCUT2D eigenvalue weighted by Gasteiger charge is -2.13. The first-order chi connectivity index (χ1) is 8.54. The molecule has 104 valence electrons. The van der Waals surface area contributed by atoms with Crippen molar-refractivity contribution in [3.63, 3.8) is 0 Å². The molecule has 0 spiro atoms. The molecule has 1 fully saturated rings. The van der Waals surface area contributed by atoms with E-state index in [0.29, 0.717) is 26.1 Å². The fraction of sp³-hybridized carbons (Fsp3) is 0.833. The Kier molecular flexibility index (Phi) is 6.07. The van der Waals surface area contributed by atoms with Gasteiger partial charge in [-0.05, 0) is 12.8 Å². The van der Waals surface area contributed by atoms with Gasteiger partial charge in [0.1, 0.15) is 6.10 Å².